The first-order chi connectivity index (χ1) is 10.1. The monoisotopic (exact) mass is 285 g/mol. The lowest BCUT2D eigenvalue weighted by molar-refractivity contribution is 0.253. The maximum atomic E-state index is 3.96. The van der Waals surface area contributed by atoms with E-state index < -0.39 is 0 Å². The second kappa shape index (κ2) is 5.84. The van der Waals surface area contributed by atoms with Crippen LogP contribution in [0.2, 0.25) is 0 Å². The molecule has 21 heavy (non-hydrogen) atoms. The van der Waals surface area contributed by atoms with Crippen molar-refractivity contribution in [1.82, 2.24) is 20.2 Å². The predicted octanol–water partition coefficient (Wildman–Crippen LogP) is 3.21. The number of hydrogen-bond acceptors (Lipinski definition) is 4. The van der Waals surface area contributed by atoms with Gasteiger partial charge in [-0.3, -0.25) is 0 Å². The van der Waals surface area contributed by atoms with Gasteiger partial charge in [0.2, 0.25) is 0 Å². The molecule has 112 valence electrons. The third-order valence-corrected chi connectivity index (χ3v) is 4.88. The van der Waals surface area contributed by atoms with Crippen molar-refractivity contribution in [2.75, 3.05) is 5.32 Å². The van der Waals surface area contributed by atoms with E-state index in [2.05, 4.69) is 53.7 Å². The largest absolute Gasteiger partial charge is 0.382 e. The van der Waals surface area contributed by atoms with E-state index in [9.17, 15) is 0 Å². The summed E-state index contributed by atoms with van der Waals surface area (Å²) in [5.41, 5.74) is 3.44. The van der Waals surface area contributed by atoms with Gasteiger partial charge in [0.15, 0.2) is 0 Å². The second-order valence-electron chi connectivity index (χ2n) is 6.27. The Morgan fingerprint density at radius 1 is 1.24 bits per heavy atom. The first kappa shape index (κ1) is 14.0. The topological polar surface area (TPSA) is 55.6 Å². The van der Waals surface area contributed by atoms with E-state index >= 15 is 0 Å². The van der Waals surface area contributed by atoms with Crippen LogP contribution in [0.3, 0.4) is 0 Å². The van der Waals surface area contributed by atoms with Crippen molar-refractivity contribution in [2.24, 2.45) is 11.8 Å². The SMILES string of the molecule is Cc1ccc(-n2cnnn2)cc1NC1CCCC(C)C1C. The van der Waals surface area contributed by atoms with Crippen LogP contribution in [0, 0.1) is 18.8 Å². The zero-order valence-electron chi connectivity index (χ0n) is 13.0. The Kier molecular flexibility index (Phi) is 3.90. The fraction of sp³-hybridized carbons (Fsp3) is 0.562. The number of nitrogens with zero attached hydrogens (tertiary/aromatic N) is 4. The number of rotatable bonds is 3. The van der Waals surface area contributed by atoms with Gasteiger partial charge in [-0.2, -0.15) is 0 Å². The second-order valence-corrected chi connectivity index (χ2v) is 6.27. The van der Waals surface area contributed by atoms with Crippen molar-refractivity contribution < 1.29 is 0 Å². The summed E-state index contributed by atoms with van der Waals surface area (Å²) in [6, 6.07) is 6.86. The maximum Gasteiger partial charge on any atom is 0.143 e. The van der Waals surface area contributed by atoms with Crippen LogP contribution in [0.4, 0.5) is 5.69 Å². The van der Waals surface area contributed by atoms with Crippen LogP contribution in [0.1, 0.15) is 38.7 Å². The number of nitrogens with one attached hydrogen (secondary N) is 1. The number of benzene rings is 1. The minimum atomic E-state index is 0.552. The molecule has 2 aromatic rings. The molecular formula is C16H23N5. The Labute approximate surface area is 125 Å². The summed E-state index contributed by atoms with van der Waals surface area (Å²) in [6.07, 6.45) is 5.54. The summed E-state index contributed by atoms with van der Waals surface area (Å²) in [5.74, 6) is 1.49. The maximum absolute atomic E-state index is 3.96. The van der Waals surface area contributed by atoms with Crippen LogP contribution >= 0.6 is 0 Å². The Morgan fingerprint density at radius 2 is 2.10 bits per heavy atom. The molecule has 5 heteroatoms. The van der Waals surface area contributed by atoms with Gasteiger partial charge >= 0.3 is 0 Å². The van der Waals surface area contributed by atoms with E-state index in [0.29, 0.717) is 12.0 Å². The van der Waals surface area contributed by atoms with Crippen molar-refractivity contribution in [3.63, 3.8) is 0 Å². The van der Waals surface area contributed by atoms with Gasteiger partial charge < -0.3 is 5.32 Å². The predicted molar refractivity (Wildman–Crippen MR) is 83.5 cm³/mol. The Balaban J connectivity index is 1.83. The summed E-state index contributed by atoms with van der Waals surface area (Å²) >= 11 is 0. The van der Waals surface area contributed by atoms with E-state index in [4.69, 9.17) is 0 Å². The molecule has 1 saturated carbocycles. The lowest BCUT2D eigenvalue weighted by Gasteiger charge is -2.35. The molecule has 1 aromatic heterocycles. The van der Waals surface area contributed by atoms with Crippen LogP contribution in [0.25, 0.3) is 5.69 Å². The number of anilines is 1. The van der Waals surface area contributed by atoms with Crippen LogP contribution < -0.4 is 5.32 Å². The summed E-state index contributed by atoms with van der Waals surface area (Å²) in [7, 11) is 0. The quantitative estimate of drug-likeness (QED) is 0.941. The molecule has 1 heterocycles. The molecular weight excluding hydrogens is 262 g/mol. The average molecular weight is 285 g/mol. The van der Waals surface area contributed by atoms with Crippen molar-refractivity contribution in [3.05, 3.63) is 30.1 Å². The van der Waals surface area contributed by atoms with Crippen molar-refractivity contribution in [3.8, 4) is 5.69 Å². The normalized spacial score (nSPS) is 25.8. The molecule has 1 aliphatic rings. The standard InChI is InChI=1S/C16H23N5/c1-11-5-4-6-15(13(11)3)18-16-9-14(8-7-12(16)2)21-10-17-19-20-21/h7-11,13,15,18H,4-6H2,1-3H3. The molecule has 0 amide bonds. The molecule has 0 radical (unpaired) electrons. The average Bonchev–Trinajstić information content (AvgIpc) is 3.00. The molecule has 0 saturated heterocycles. The molecule has 3 rings (SSSR count). The molecule has 1 aliphatic carbocycles. The lowest BCUT2D eigenvalue weighted by Crippen LogP contribution is -2.35. The smallest absolute Gasteiger partial charge is 0.143 e. The highest BCUT2D eigenvalue weighted by molar-refractivity contribution is 5.57. The van der Waals surface area contributed by atoms with E-state index in [1.165, 1.54) is 30.5 Å². The minimum absolute atomic E-state index is 0.552. The molecule has 3 unspecified atom stereocenters. The number of tetrazole rings is 1. The molecule has 1 fully saturated rings. The van der Waals surface area contributed by atoms with Crippen molar-refractivity contribution in [2.45, 2.75) is 46.1 Å². The summed E-state index contributed by atoms with van der Waals surface area (Å²) in [4.78, 5) is 0. The van der Waals surface area contributed by atoms with Crippen LogP contribution in [-0.4, -0.2) is 26.2 Å². The minimum Gasteiger partial charge on any atom is -0.382 e. The fourth-order valence-corrected chi connectivity index (χ4v) is 3.17. The zero-order chi connectivity index (χ0) is 14.8. The third kappa shape index (κ3) is 2.91. The molecule has 1 aromatic carbocycles. The number of aromatic nitrogens is 4. The fourth-order valence-electron chi connectivity index (χ4n) is 3.17. The molecule has 0 spiro atoms. The lowest BCUT2D eigenvalue weighted by atomic mass is 9.78. The number of aryl methyl sites for hydroxylation is 1. The van der Waals surface area contributed by atoms with Crippen LogP contribution in [-0.2, 0) is 0 Å². The highest BCUT2D eigenvalue weighted by Crippen LogP contribution is 2.32. The van der Waals surface area contributed by atoms with Gasteiger partial charge in [-0.25, -0.2) is 4.68 Å². The zero-order valence-corrected chi connectivity index (χ0v) is 13.0. The highest BCUT2D eigenvalue weighted by atomic mass is 15.5. The van der Waals surface area contributed by atoms with Crippen molar-refractivity contribution >= 4 is 5.69 Å². The van der Waals surface area contributed by atoms with Gasteiger partial charge in [-0.05, 0) is 53.3 Å². The summed E-state index contributed by atoms with van der Waals surface area (Å²) in [5, 5.41) is 15.1. The Morgan fingerprint density at radius 3 is 2.86 bits per heavy atom. The highest BCUT2D eigenvalue weighted by Gasteiger charge is 2.27. The van der Waals surface area contributed by atoms with Gasteiger partial charge in [-0.1, -0.05) is 32.8 Å². The van der Waals surface area contributed by atoms with E-state index in [0.717, 1.165) is 11.6 Å². The van der Waals surface area contributed by atoms with Gasteiger partial charge in [-0.15, -0.1) is 5.10 Å². The third-order valence-electron chi connectivity index (χ3n) is 4.88. The van der Waals surface area contributed by atoms with E-state index in [-0.39, 0.29) is 0 Å². The van der Waals surface area contributed by atoms with Crippen LogP contribution in [0.15, 0.2) is 24.5 Å². The first-order valence-corrected chi connectivity index (χ1v) is 7.75. The van der Waals surface area contributed by atoms with Gasteiger partial charge in [0.05, 0.1) is 5.69 Å². The molecule has 1 N–H and O–H groups in total. The van der Waals surface area contributed by atoms with E-state index in [1.807, 2.05) is 6.07 Å². The molecule has 0 bridgehead atoms. The van der Waals surface area contributed by atoms with Gasteiger partial charge in [0.1, 0.15) is 6.33 Å². The summed E-state index contributed by atoms with van der Waals surface area (Å²) < 4.78 is 1.69. The van der Waals surface area contributed by atoms with Crippen molar-refractivity contribution in [1.29, 1.82) is 0 Å². The molecule has 5 nitrogen and oxygen atoms in total. The Bertz CT molecular complexity index is 593. The van der Waals surface area contributed by atoms with Crippen LogP contribution in [0.5, 0.6) is 0 Å². The number of hydrogen-bond donors (Lipinski definition) is 1. The molecule has 0 aliphatic heterocycles. The van der Waals surface area contributed by atoms with Gasteiger partial charge in [0.25, 0.3) is 0 Å². The van der Waals surface area contributed by atoms with Gasteiger partial charge in [0, 0.05) is 11.7 Å². The Hall–Kier alpha value is -1.91. The summed E-state index contributed by atoms with van der Waals surface area (Å²) in [6.45, 7) is 6.87. The van der Waals surface area contributed by atoms with E-state index in [1.54, 1.807) is 11.0 Å². The molecule has 3 atom stereocenters. The first-order valence-electron chi connectivity index (χ1n) is 7.75.